The topological polar surface area (TPSA) is 38.3 Å². The van der Waals surface area contributed by atoms with Gasteiger partial charge in [-0.3, -0.25) is 0 Å². The Hall–Kier alpha value is -0.930. The van der Waals surface area contributed by atoms with Crippen LogP contribution in [0, 0.1) is 5.92 Å². The monoisotopic (exact) mass is 273 g/mol. The Morgan fingerprint density at radius 1 is 1.41 bits per heavy atom. The zero-order valence-corrected chi connectivity index (χ0v) is 10.9. The number of nitrogens with one attached hydrogen (secondary N) is 1. The van der Waals surface area contributed by atoms with E-state index in [0.717, 1.165) is 12.8 Å². The van der Waals surface area contributed by atoms with E-state index < -0.39 is 0 Å². The van der Waals surface area contributed by atoms with Crippen LogP contribution in [0.1, 0.15) is 12.8 Å². The quantitative estimate of drug-likeness (QED) is 0.855. The number of ether oxygens (including phenoxy) is 1. The molecule has 1 unspecified atom stereocenters. The second-order valence-electron chi connectivity index (χ2n) is 4.08. The number of methoxy groups -OCH3 is 1. The second kappa shape index (κ2) is 5.15. The Labute approximate surface area is 110 Å². The van der Waals surface area contributed by atoms with Gasteiger partial charge in [0.05, 0.1) is 22.8 Å². The van der Waals surface area contributed by atoms with Gasteiger partial charge >= 0.3 is 5.97 Å². The molecule has 1 saturated carbocycles. The van der Waals surface area contributed by atoms with Gasteiger partial charge in [0.25, 0.3) is 0 Å². The molecule has 0 amide bonds. The molecule has 0 spiro atoms. The zero-order valence-electron chi connectivity index (χ0n) is 9.37. The number of rotatable bonds is 4. The number of hydrogen-bond donors (Lipinski definition) is 1. The van der Waals surface area contributed by atoms with Gasteiger partial charge in [0, 0.05) is 0 Å². The maximum atomic E-state index is 11.6. The maximum Gasteiger partial charge on any atom is 0.328 e. The molecular formula is C12H13Cl2NO2. The van der Waals surface area contributed by atoms with E-state index in [2.05, 4.69) is 5.32 Å². The van der Waals surface area contributed by atoms with Gasteiger partial charge < -0.3 is 10.1 Å². The van der Waals surface area contributed by atoms with Crippen molar-refractivity contribution in [2.45, 2.75) is 18.9 Å². The predicted octanol–water partition coefficient (Wildman–Crippen LogP) is 3.36. The summed E-state index contributed by atoms with van der Waals surface area (Å²) >= 11 is 12.1. The molecule has 0 saturated heterocycles. The summed E-state index contributed by atoms with van der Waals surface area (Å²) in [6.45, 7) is 0. The Kier molecular flexibility index (Phi) is 3.79. The Morgan fingerprint density at radius 2 is 2.00 bits per heavy atom. The normalized spacial score (nSPS) is 16.4. The lowest BCUT2D eigenvalue weighted by Crippen LogP contribution is -2.32. The summed E-state index contributed by atoms with van der Waals surface area (Å²) in [6.07, 6.45) is 2.05. The third-order valence-electron chi connectivity index (χ3n) is 2.81. The summed E-state index contributed by atoms with van der Waals surface area (Å²) in [5.41, 5.74) is 0.595. The minimum Gasteiger partial charge on any atom is -0.467 e. The number of anilines is 1. The SMILES string of the molecule is COC(=O)C(Nc1c(Cl)cccc1Cl)C1CC1. The van der Waals surface area contributed by atoms with Crippen molar-refractivity contribution in [1.29, 1.82) is 0 Å². The highest BCUT2D eigenvalue weighted by atomic mass is 35.5. The number of benzene rings is 1. The van der Waals surface area contributed by atoms with E-state index in [0.29, 0.717) is 21.7 Å². The van der Waals surface area contributed by atoms with Crippen LogP contribution in [-0.4, -0.2) is 19.1 Å². The Balaban J connectivity index is 2.20. The number of esters is 1. The van der Waals surface area contributed by atoms with Crippen LogP contribution >= 0.6 is 23.2 Å². The van der Waals surface area contributed by atoms with Gasteiger partial charge in [0.2, 0.25) is 0 Å². The van der Waals surface area contributed by atoms with Crippen molar-refractivity contribution in [2.75, 3.05) is 12.4 Å². The van der Waals surface area contributed by atoms with Crippen molar-refractivity contribution in [3.63, 3.8) is 0 Å². The van der Waals surface area contributed by atoms with Crippen LogP contribution in [0.25, 0.3) is 0 Å². The van der Waals surface area contributed by atoms with Crippen molar-refractivity contribution in [3.8, 4) is 0 Å². The minimum absolute atomic E-state index is 0.275. The molecule has 92 valence electrons. The molecular weight excluding hydrogens is 261 g/mol. The number of hydrogen-bond acceptors (Lipinski definition) is 3. The van der Waals surface area contributed by atoms with Gasteiger partial charge in [-0.2, -0.15) is 0 Å². The highest BCUT2D eigenvalue weighted by molar-refractivity contribution is 6.39. The van der Waals surface area contributed by atoms with E-state index in [1.807, 2.05) is 0 Å². The molecule has 5 heteroatoms. The van der Waals surface area contributed by atoms with Crippen LogP contribution in [0.5, 0.6) is 0 Å². The largest absolute Gasteiger partial charge is 0.467 e. The molecule has 0 bridgehead atoms. The molecule has 1 aliphatic carbocycles. The summed E-state index contributed by atoms with van der Waals surface area (Å²) < 4.78 is 4.78. The third kappa shape index (κ3) is 2.85. The highest BCUT2D eigenvalue weighted by Gasteiger charge is 2.37. The fourth-order valence-corrected chi connectivity index (χ4v) is 2.22. The van der Waals surface area contributed by atoms with E-state index in [4.69, 9.17) is 27.9 Å². The molecule has 1 aromatic rings. The molecule has 1 atom stereocenters. The first kappa shape index (κ1) is 12.5. The van der Waals surface area contributed by atoms with Gasteiger partial charge in [-0.25, -0.2) is 4.79 Å². The van der Waals surface area contributed by atoms with Crippen LogP contribution < -0.4 is 5.32 Å². The molecule has 3 nitrogen and oxygen atoms in total. The van der Waals surface area contributed by atoms with E-state index in [1.54, 1.807) is 18.2 Å². The van der Waals surface area contributed by atoms with Crippen molar-refractivity contribution in [1.82, 2.24) is 0 Å². The molecule has 0 aliphatic heterocycles. The summed E-state index contributed by atoms with van der Waals surface area (Å²) in [5, 5.41) is 4.10. The fourth-order valence-electron chi connectivity index (χ4n) is 1.72. The lowest BCUT2D eigenvalue weighted by atomic mass is 10.1. The van der Waals surface area contributed by atoms with E-state index in [-0.39, 0.29) is 12.0 Å². The van der Waals surface area contributed by atoms with Gasteiger partial charge in [0.1, 0.15) is 6.04 Å². The van der Waals surface area contributed by atoms with Crippen LogP contribution in [0.4, 0.5) is 5.69 Å². The van der Waals surface area contributed by atoms with E-state index in [9.17, 15) is 4.79 Å². The average molecular weight is 274 g/mol. The van der Waals surface area contributed by atoms with E-state index >= 15 is 0 Å². The number of carbonyl (C=O) groups is 1. The van der Waals surface area contributed by atoms with Crippen LogP contribution in [-0.2, 0) is 9.53 Å². The van der Waals surface area contributed by atoms with Crippen molar-refractivity contribution in [3.05, 3.63) is 28.2 Å². The van der Waals surface area contributed by atoms with Crippen LogP contribution in [0.2, 0.25) is 10.0 Å². The summed E-state index contributed by atoms with van der Waals surface area (Å²) in [4.78, 5) is 11.6. The van der Waals surface area contributed by atoms with Crippen LogP contribution in [0.3, 0.4) is 0 Å². The number of halogens is 2. The molecule has 1 N–H and O–H groups in total. The summed E-state index contributed by atoms with van der Waals surface area (Å²) in [7, 11) is 1.38. The molecule has 1 aliphatic rings. The molecule has 1 fully saturated rings. The predicted molar refractivity (Wildman–Crippen MR) is 68.6 cm³/mol. The first-order valence-electron chi connectivity index (χ1n) is 5.42. The summed E-state index contributed by atoms with van der Waals surface area (Å²) in [5.74, 6) is 0.0401. The zero-order chi connectivity index (χ0) is 12.4. The molecule has 0 aromatic heterocycles. The molecule has 2 rings (SSSR count). The molecule has 0 heterocycles. The van der Waals surface area contributed by atoms with Gasteiger partial charge in [-0.05, 0) is 30.9 Å². The van der Waals surface area contributed by atoms with E-state index in [1.165, 1.54) is 7.11 Å². The second-order valence-corrected chi connectivity index (χ2v) is 4.89. The molecule has 0 radical (unpaired) electrons. The average Bonchev–Trinajstić information content (AvgIpc) is 3.12. The number of carbonyl (C=O) groups excluding carboxylic acids is 1. The lowest BCUT2D eigenvalue weighted by Gasteiger charge is -2.18. The first-order valence-corrected chi connectivity index (χ1v) is 6.17. The van der Waals surface area contributed by atoms with Crippen molar-refractivity contribution in [2.24, 2.45) is 5.92 Å². The Bertz CT molecular complexity index is 412. The minimum atomic E-state index is -0.364. The lowest BCUT2D eigenvalue weighted by molar-refractivity contribution is -0.142. The van der Waals surface area contributed by atoms with Gasteiger partial charge in [-0.15, -0.1) is 0 Å². The van der Waals surface area contributed by atoms with Crippen LogP contribution in [0.15, 0.2) is 18.2 Å². The first-order chi connectivity index (χ1) is 8.13. The molecule has 17 heavy (non-hydrogen) atoms. The third-order valence-corrected chi connectivity index (χ3v) is 3.44. The summed E-state index contributed by atoms with van der Waals surface area (Å²) in [6, 6.07) is 4.87. The maximum absolute atomic E-state index is 11.6. The molecule has 1 aromatic carbocycles. The number of para-hydroxylation sites is 1. The fraction of sp³-hybridized carbons (Fsp3) is 0.417. The van der Waals surface area contributed by atoms with Gasteiger partial charge in [0.15, 0.2) is 0 Å². The standard InChI is InChI=1S/C12H13Cl2NO2/c1-17-12(16)10(7-5-6-7)15-11-8(13)3-2-4-9(11)14/h2-4,7,10,15H,5-6H2,1H3. The Morgan fingerprint density at radius 3 is 2.47 bits per heavy atom. The van der Waals surface area contributed by atoms with Crippen molar-refractivity contribution < 1.29 is 9.53 Å². The highest BCUT2D eigenvalue weighted by Crippen LogP contribution is 2.37. The van der Waals surface area contributed by atoms with Gasteiger partial charge in [-0.1, -0.05) is 29.3 Å². The van der Waals surface area contributed by atoms with Crippen molar-refractivity contribution >= 4 is 34.9 Å². The smallest absolute Gasteiger partial charge is 0.328 e.